The molecular formula is C19H18O3. The van der Waals surface area contributed by atoms with Crippen molar-refractivity contribution in [3.05, 3.63) is 83.9 Å². The maximum Gasteiger partial charge on any atom is 0.336 e. The van der Waals surface area contributed by atoms with E-state index in [1.807, 2.05) is 72.8 Å². The van der Waals surface area contributed by atoms with Crippen LogP contribution in [0.3, 0.4) is 0 Å². The number of carbonyl (C=O) groups is 1. The smallest absolute Gasteiger partial charge is 0.336 e. The fourth-order valence-corrected chi connectivity index (χ4v) is 2.55. The summed E-state index contributed by atoms with van der Waals surface area (Å²) in [6.45, 7) is 0.708. The van der Waals surface area contributed by atoms with E-state index in [9.17, 15) is 4.79 Å². The second kappa shape index (κ2) is 7.05. The van der Waals surface area contributed by atoms with E-state index in [-0.39, 0.29) is 18.5 Å². The third-order valence-corrected chi connectivity index (χ3v) is 3.68. The van der Waals surface area contributed by atoms with Crippen LogP contribution in [0.25, 0.3) is 0 Å². The predicted octanol–water partition coefficient (Wildman–Crippen LogP) is 3.47. The van der Waals surface area contributed by atoms with E-state index in [1.165, 1.54) is 0 Å². The summed E-state index contributed by atoms with van der Waals surface area (Å²) in [5.41, 5.74) is 2.03. The van der Waals surface area contributed by atoms with Gasteiger partial charge in [-0.3, -0.25) is 0 Å². The molecule has 0 amide bonds. The monoisotopic (exact) mass is 294 g/mol. The van der Waals surface area contributed by atoms with E-state index in [0.29, 0.717) is 6.61 Å². The van der Waals surface area contributed by atoms with E-state index in [4.69, 9.17) is 9.47 Å². The van der Waals surface area contributed by atoms with Gasteiger partial charge in [0.25, 0.3) is 0 Å². The van der Waals surface area contributed by atoms with Gasteiger partial charge in [0.1, 0.15) is 6.61 Å². The molecule has 0 N–H and O–H groups in total. The summed E-state index contributed by atoms with van der Waals surface area (Å²) in [5, 5.41) is 0. The minimum Gasteiger partial charge on any atom is -0.459 e. The molecular weight excluding hydrogens is 276 g/mol. The summed E-state index contributed by atoms with van der Waals surface area (Å²) < 4.78 is 11.1. The van der Waals surface area contributed by atoms with Crippen LogP contribution in [0.1, 0.15) is 17.0 Å². The number of hydrogen-bond acceptors (Lipinski definition) is 3. The van der Waals surface area contributed by atoms with Crippen LogP contribution in [0.2, 0.25) is 0 Å². The van der Waals surface area contributed by atoms with E-state index in [2.05, 4.69) is 0 Å². The highest BCUT2D eigenvalue weighted by Gasteiger charge is 2.31. The molecule has 0 aliphatic carbocycles. The Morgan fingerprint density at radius 2 is 1.73 bits per heavy atom. The summed E-state index contributed by atoms with van der Waals surface area (Å²) in [7, 11) is 0. The highest BCUT2D eigenvalue weighted by Crippen LogP contribution is 2.27. The van der Waals surface area contributed by atoms with Crippen LogP contribution in [0.15, 0.2) is 72.8 Å². The van der Waals surface area contributed by atoms with Crippen LogP contribution in [-0.2, 0) is 20.9 Å². The molecule has 0 saturated heterocycles. The number of esters is 1. The van der Waals surface area contributed by atoms with Gasteiger partial charge >= 0.3 is 5.97 Å². The van der Waals surface area contributed by atoms with Gasteiger partial charge in [-0.2, -0.15) is 0 Å². The Kier molecular flexibility index (Phi) is 4.66. The van der Waals surface area contributed by atoms with Gasteiger partial charge in [0.2, 0.25) is 0 Å². The molecule has 2 aromatic rings. The zero-order valence-corrected chi connectivity index (χ0v) is 12.2. The molecule has 0 saturated carbocycles. The first-order chi connectivity index (χ1) is 10.8. The third kappa shape index (κ3) is 3.43. The van der Waals surface area contributed by atoms with Gasteiger partial charge in [-0.1, -0.05) is 72.8 Å². The number of carbonyl (C=O) groups excluding carboxylic acids is 1. The largest absolute Gasteiger partial charge is 0.459 e. The lowest BCUT2D eigenvalue weighted by molar-refractivity contribution is -0.159. The van der Waals surface area contributed by atoms with Crippen molar-refractivity contribution in [2.24, 2.45) is 0 Å². The molecule has 0 radical (unpaired) electrons. The van der Waals surface area contributed by atoms with Crippen LogP contribution in [-0.4, -0.2) is 18.7 Å². The Labute approximate surface area is 130 Å². The van der Waals surface area contributed by atoms with Crippen molar-refractivity contribution in [2.45, 2.75) is 18.6 Å². The van der Waals surface area contributed by atoms with Crippen molar-refractivity contribution in [2.75, 3.05) is 6.61 Å². The first kappa shape index (κ1) is 14.5. The molecule has 2 atom stereocenters. The highest BCUT2D eigenvalue weighted by molar-refractivity contribution is 5.77. The van der Waals surface area contributed by atoms with Crippen LogP contribution >= 0.6 is 0 Å². The molecule has 2 aromatic carbocycles. The van der Waals surface area contributed by atoms with Crippen molar-refractivity contribution >= 4 is 5.97 Å². The highest BCUT2D eigenvalue weighted by atomic mass is 16.6. The van der Waals surface area contributed by atoms with Crippen molar-refractivity contribution in [3.8, 4) is 0 Å². The molecule has 0 unspecified atom stereocenters. The lowest BCUT2D eigenvalue weighted by Crippen LogP contribution is -2.34. The Bertz CT molecular complexity index is 634. The van der Waals surface area contributed by atoms with Gasteiger partial charge in [-0.05, 0) is 11.1 Å². The average Bonchev–Trinajstić information content (AvgIpc) is 2.61. The second-order valence-electron chi connectivity index (χ2n) is 5.21. The summed E-state index contributed by atoms with van der Waals surface area (Å²) in [6.07, 6.45) is 3.38. The lowest BCUT2D eigenvalue weighted by atomic mass is 9.91. The molecule has 1 heterocycles. The first-order valence-electron chi connectivity index (χ1n) is 7.38. The van der Waals surface area contributed by atoms with Gasteiger partial charge < -0.3 is 9.47 Å². The van der Waals surface area contributed by atoms with E-state index < -0.39 is 6.10 Å². The molecule has 3 heteroatoms. The number of rotatable bonds is 4. The van der Waals surface area contributed by atoms with Gasteiger partial charge in [-0.25, -0.2) is 4.79 Å². The van der Waals surface area contributed by atoms with Gasteiger partial charge in [0, 0.05) is 5.92 Å². The maximum absolute atomic E-state index is 12.4. The minimum absolute atomic E-state index is 0.0989. The van der Waals surface area contributed by atoms with Crippen LogP contribution < -0.4 is 0 Å². The van der Waals surface area contributed by atoms with E-state index >= 15 is 0 Å². The van der Waals surface area contributed by atoms with Crippen molar-refractivity contribution in [1.82, 2.24) is 0 Å². The fourth-order valence-electron chi connectivity index (χ4n) is 2.55. The quantitative estimate of drug-likeness (QED) is 0.640. The van der Waals surface area contributed by atoms with E-state index in [1.54, 1.807) is 0 Å². The molecule has 0 aromatic heterocycles. The minimum atomic E-state index is -0.587. The SMILES string of the molecule is O=C(OCc1ccccc1)[C@H]1OCC=C[C@@H]1c1ccccc1. The molecule has 0 fully saturated rings. The zero-order chi connectivity index (χ0) is 15.2. The summed E-state index contributed by atoms with van der Waals surface area (Å²) in [5.74, 6) is -0.416. The van der Waals surface area contributed by atoms with Crippen molar-refractivity contribution in [3.63, 3.8) is 0 Å². The fraction of sp³-hybridized carbons (Fsp3) is 0.211. The molecule has 22 heavy (non-hydrogen) atoms. The number of benzene rings is 2. The molecule has 112 valence electrons. The third-order valence-electron chi connectivity index (χ3n) is 3.68. The summed E-state index contributed by atoms with van der Waals surface area (Å²) in [4.78, 5) is 12.4. The zero-order valence-electron chi connectivity index (χ0n) is 12.2. The summed E-state index contributed by atoms with van der Waals surface area (Å²) >= 11 is 0. The Morgan fingerprint density at radius 1 is 1.05 bits per heavy atom. The normalized spacial score (nSPS) is 20.5. The lowest BCUT2D eigenvalue weighted by Gasteiger charge is -2.26. The standard InChI is InChI=1S/C19H18O3/c20-19(22-14-15-8-3-1-4-9-15)18-17(12-7-13-21-18)16-10-5-2-6-11-16/h1-12,17-18H,13-14H2/t17-,18+/m1/s1. The molecule has 0 spiro atoms. The number of hydrogen-bond donors (Lipinski definition) is 0. The molecule has 0 bridgehead atoms. The van der Waals surface area contributed by atoms with Crippen molar-refractivity contribution < 1.29 is 14.3 Å². The average molecular weight is 294 g/mol. The first-order valence-corrected chi connectivity index (χ1v) is 7.38. The summed E-state index contributed by atoms with van der Waals surface area (Å²) in [6, 6.07) is 19.5. The molecule has 3 rings (SSSR count). The van der Waals surface area contributed by atoms with Crippen LogP contribution in [0.4, 0.5) is 0 Å². The van der Waals surface area contributed by atoms with Crippen molar-refractivity contribution in [1.29, 1.82) is 0 Å². The Balaban J connectivity index is 1.69. The topological polar surface area (TPSA) is 35.5 Å². The van der Waals surface area contributed by atoms with Crippen LogP contribution in [0, 0.1) is 0 Å². The molecule has 1 aliphatic rings. The van der Waals surface area contributed by atoms with Gasteiger partial charge in [-0.15, -0.1) is 0 Å². The second-order valence-corrected chi connectivity index (χ2v) is 5.21. The maximum atomic E-state index is 12.4. The molecule has 1 aliphatic heterocycles. The number of ether oxygens (including phenoxy) is 2. The van der Waals surface area contributed by atoms with Crippen LogP contribution in [0.5, 0.6) is 0 Å². The Morgan fingerprint density at radius 3 is 2.45 bits per heavy atom. The predicted molar refractivity (Wildman–Crippen MR) is 84.3 cm³/mol. The van der Waals surface area contributed by atoms with Gasteiger partial charge in [0.15, 0.2) is 6.10 Å². The van der Waals surface area contributed by atoms with E-state index in [0.717, 1.165) is 11.1 Å². The molecule has 3 nitrogen and oxygen atoms in total. The Hall–Kier alpha value is -2.39. The van der Waals surface area contributed by atoms with Gasteiger partial charge in [0.05, 0.1) is 6.61 Å².